The maximum Gasteiger partial charge on any atom is 0.307 e. The van der Waals surface area contributed by atoms with E-state index in [-0.39, 0.29) is 0 Å². The number of rotatable bonds is 38. The smallest absolute Gasteiger partial charge is 0.307 e. The van der Waals surface area contributed by atoms with Crippen LogP contribution in [-0.2, 0) is 14.4 Å². The molecule has 0 aromatic heterocycles. The summed E-state index contributed by atoms with van der Waals surface area (Å²) in [4.78, 5) is 30.3. The summed E-state index contributed by atoms with van der Waals surface area (Å²) < 4.78 is 0. The first-order valence-corrected chi connectivity index (χ1v) is 30.3. The van der Waals surface area contributed by atoms with Crippen molar-refractivity contribution in [2.45, 2.75) is 303 Å². The zero-order valence-electron chi connectivity index (χ0n) is 46.1. The summed E-state index contributed by atoms with van der Waals surface area (Å²) in [5.74, 6) is 1.03. The summed E-state index contributed by atoms with van der Waals surface area (Å²) in [5.41, 5.74) is 16.5. The molecule has 3 fully saturated rings. The van der Waals surface area contributed by atoms with Crippen LogP contribution in [0.1, 0.15) is 303 Å². The highest BCUT2D eigenvalue weighted by atomic mass is 16.4. The molecule has 0 heterocycles. The van der Waals surface area contributed by atoms with Gasteiger partial charge in [-0.15, -0.1) is 0 Å². The van der Waals surface area contributed by atoms with Crippen molar-refractivity contribution in [2.75, 3.05) is 19.6 Å². The zero-order valence-corrected chi connectivity index (χ0v) is 46.1. The summed E-state index contributed by atoms with van der Waals surface area (Å²) in [5, 5.41) is 24.7. The highest BCUT2D eigenvalue weighted by Crippen LogP contribution is 2.35. The van der Waals surface area contributed by atoms with Crippen molar-refractivity contribution in [1.82, 2.24) is 0 Å². The first-order valence-electron chi connectivity index (χ1n) is 30.3. The van der Waals surface area contributed by atoms with Gasteiger partial charge in [0.2, 0.25) is 0 Å². The van der Waals surface area contributed by atoms with Crippen LogP contribution in [-0.4, -0.2) is 52.9 Å². The van der Waals surface area contributed by atoms with E-state index >= 15 is 0 Å². The Morgan fingerprint density at radius 1 is 0.333 bits per heavy atom. The summed E-state index contributed by atoms with van der Waals surface area (Å²) in [6.45, 7) is 9.70. The molecular weight excluding hydrogens is 859 g/mol. The average molecular weight is 979 g/mol. The minimum Gasteiger partial charge on any atom is -0.481 e. The van der Waals surface area contributed by atoms with Gasteiger partial charge in [-0.05, 0) is 74.4 Å². The van der Waals surface area contributed by atoms with Crippen LogP contribution < -0.4 is 17.2 Å². The third-order valence-electron chi connectivity index (χ3n) is 16.5. The van der Waals surface area contributed by atoms with Gasteiger partial charge in [-0.2, -0.15) is 0 Å². The molecule has 9 heteroatoms. The Morgan fingerprint density at radius 3 is 0.696 bits per heavy atom. The Kier molecular flexibility index (Phi) is 48.6. The molecule has 0 aromatic carbocycles. The van der Waals surface area contributed by atoms with Gasteiger partial charge in [-0.1, -0.05) is 271 Å². The molecule has 0 spiro atoms. The monoisotopic (exact) mass is 978 g/mol. The SMILES string of the molecule is CCC1CCC(CCCCCCCCCCN)CC1.CCC1CCC(CCCCCCCCCCN)CC1.CCC1CCC(CCCCCCCCCCN)CC1.O=C(O)CC(CC(=O)O)C(=O)O. The van der Waals surface area contributed by atoms with Crippen molar-refractivity contribution in [3.8, 4) is 0 Å². The second kappa shape index (κ2) is 49.9. The fourth-order valence-corrected chi connectivity index (χ4v) is 11.4. The molecule has 0 atom stereocenters. The Hall–Kier alpha value is -1.71. The third-order valence-corrected chi connectivity index (χ3v) is 16.5. The number of hydrogen-bond acceptors (Lipinski definition) is 6. The van der Waals surface area contributed by atoms with E-state index in [1.807, 2.05) is 0 Å². The molecule has 0 saturated heterocycles. The number of aliphatic carboxylic acids is 3. The number of nitrogens with two attached hydrogens (primary N) is 3. The molecule has 9 N–H and O–H groups in total. The van der Waals surface area contributed by atoms with Gasteiger partial charge in [0.15, 0.2) is 0 Å². The Balaban J connectivity index is 0.000000906. The van der Waals surface area contributed by atoms with E-state index in [9.17, 15) is 14.4 Å². The molecule has 3 aliphatic carbocycles. The largest absolute Gasteiger partial charge is 0.481 e. The van der Waals surface area contributed by atoms with E-state index < -0.39 is 36.7 Å². The van der Waals surface area contributed by atoms with E-state index in [1.165, 1.54) is 270 Å². The first kappa shape index (κ1) is 67.3. The number of carboxylic acid groups (broad SMARTS) is 3. The molecule has 0 radical (unpaired) electrons. The van der Waals surface area contributed by atoms with Crippen LogP contribution in [0, 0.1) is 41.4 Å². The second-order valence-corrected chi connectivity index (χ2v) is 22.3. The summed E-state index contributed by atoms with van der Waals surface area (Å²) in [7, 11) is 0. The molecule has 0 unspecified atom stereocenters. The van der Waals surface area contributed by atoms with Crippen molar-refractivity contribution in [1.29, 1.82) is 0 Å². The lowest BCUT2D eigenvalue weighted by atomic mass is 9.79. The first-order chi connectivity index (χ1) is 33.5. The lowest BCUT2D eigenvalue weighted by molar-refractivity contribution is -0.152. The molecule has 69 heavy (non-hydrogen) atoms. The van der Waals surface area contributed by atoms with E-state index in [2.05, 4.69) is 20.8 Å². The number of hydrogen-bond donors (Lipinski definition) is 6. The maximum atomic E-state index is 10.2. The van der Waals surface area contributed by atoms with E-state index in [0.717, 1.165) is 55.1 Å². The van der Waals surface area contributed by atoms with Crippen LogP contribution >= 0.6 is 0 Å². The number of unbranched alkanes of at least 4 members (excludes halogenated alkanes) is 21. The predicted molar refractivity (Wildman–Crippen MR) is 295 cm³/mol. The van der Waals surface area contributed by atoms with Gasteiger partial charge < -0.3 is 32.5 Å². The van der Waals surface area contributed by atoms with Crippen LogP contribution in [0.15, 0.2) is 0 Å². The van der Waals surface area contributed by atoms with Gasteiger partial charge in [-0.3, -0.25) is 14.4 Å². The van der Waals surface area contributed by atoms with Crippen molar-refractivity contribution >= 4 is 17.9 Å². The van der Waals surface area contributed by atoms with Crippen LogP contribution in [0.3, 0.4) is 0 Å². The molecule has 0 aromatic rings. The molecular formula is C60H119N3O6. The molecule has 0 bridgehead atoms. The lowest BCUT2D eigenvalue weighted by Gasteiger charge is -2.27. The molecule has 0 aliphatic heterocycles. The summed E-state index contributed by atoms with van der Waals surface area (Å²) in [6, 6.07) is 0. The van der Waals surface area contributed by atoms with Gasteiger partial charge in [-0.25, -0.2) is 0 Å². The number of carboxylic acids is 3. The lowest BCUT2D eigenvalue weighted by Crippen LogP contribution is -2.20. The Bertz CT molecular complexity index is 1000. The molecule has 0 amide bonds. The summed E-state index contributed by atoms with van der Waals surface area (Å²) >= 11 is 0. The van der Waals surface area contributed by atoms with E-state index in [0.29, 0.717) is 0 Å². The quantitative estimate of drug-likeness (QED) is 0.0327. The van der Waals surface area contributed by atoms with Gasteiger partial charge in [0.1, 0.15) is 0 Å². The highest BCUT2D eigenvalue weighted by molar-refractivity contribution is 5.82. The fraction of sp³-hybridized carbons (Fsp3) is 0.950. The third kappa shape index (κ3) is 43.6. The molecule has 410 valence electrons. The highest BCUT2D eigenvalue weighted by Gasteiger charge is 2.24. The van der Waals surface area contributed by atoms with Gasteiger partial charge >= 0.3 is 17.9 Å². The molecule has 3 aliphatic rings. The van der Waals surface area contributed by atoms with Crippen LogP contribution in [0.25, 0.3) is 0 Å². The minimum absolute atomic E-state index is 0.665. The Morgan fingerprint density at radius 2 is 0.522 bits per heavy atom. The Labute approximate surface area is 427 Å². The van der Waals surface area contributed by atoms with Crippen molar-refractivity contribution in [2.24, 2.45) is 58.6 Å². The molecule has 9 nitrogen and oxygen atoms in total. The van der Waals surface area contributed by atoms with Gasteiger partial charge in [0.05, 0.1) is 18.8 Å². The normalized spacial score (nSPS) is 21.3. The minimum atomic E-state index is -1.40. The van der Waals surface area contributed by atoms with Crippen LogP contribution in [0.5, 0.6) is 0 Å². The topological polar surface area (TPSA) is 190 Å². The van der Waals surface area contributed by atoms with Crippen molar-refractivity contribution < 1.29 is 29.7 Å². The summed E-state index contributed by atoms with van der Waals surface area (Å²) in [6.07, 6.45) is 59.6. The van der Waals surface area contributed by atoms with Crippen molar-refractivity contribution in [3.05, 3.63) is 0 Å². The van der Waals surface area contributed by atoms with Crippen LogP contribution in [0.4, 0.5) is 0 Å². The second-order valence-electron chi connectivity index (χ2n) is 22.3. The van der Waals surface area contributed by atoms with Gasteiger partial charge in [0.25, 0.3) is 0 Å². The van der Waals surface area contributed by atoms with Crippen molar-refractivity contribution in [3.63, 3.8) is 0 Å². The number of carbonyl (C=O) groups is 3. The average Bonchev–Trinajstić information content (AvgIpc) is 3.35. The van der Waals surface area contributed by atoms with E-state index in [4.69, 9.17) is 32.5 Å². The standard InChI is InChI=1S/3C18H37N.C6H8O6/c3*1-2-17-12-14-18(15-13-17)11-9-7-5-3-4-6-8-10-16-19;7-4(8)1-3(6(11)12)2-5(9)10/h3*17-18H,2-16,19H2,1H3;3H,1-2H2,(H,7,8)(H,9,10)(H,11,12). The molecule has 3 saturated carbocycles. The zero-order chi connectivity index (χ0) is 51.0. The van der Waals surface area contributed by atoms with Crippen LogP contribution in [0.2, 0.25) is 0 Å². The van der Waals surface area contributed by atoms with E-state index in [1.54, 1.807) is 0 Å². The molecule has 3 rings (SSSR count). The maximum absolute atomic E-state index is 10.2. The predicted octanol–water partition coefficient (Wildman–Crippen LogP) is 16.7. The fourth-order valence-electron chi connectivity index (χ4n) is 11.4. The van der Waals surface area contributed by atoms with Gasteiger partial charge in [0, 0.05) is 0 Å².